The molecule has 0 aliphatic carbocycles. The van der Waals surface area contributed by atoms with Gasteiger partial charge < -0.3 is 49.6 Å². The molecule has 2 rings (SSSR count). The number of phenols is 4. The molecule has 0 amide bonds. The minimum absolute atomic E-state index is 0.0699. The first kappa shape index (κ1) is 29.6. The van der Waals surface area contributed by atoms with Crippen LogP contribution in [-0.2, 0) is 18.9 Å². The highest BCUT2D eigenvalue weighted by Gasteiger charge is 2.21. The second-order valence-corrected chi connectivity index (χ2v) is 9.18. The van der Waals surface area contributed by atoms with Gasteiger partial charge in [-0.15, -0.1) is 0 Å². The first-order valence-electron chi connectivity index (χ1n) is 11.3. The van der Waals surface area contributed by atoms with Crippen LogP contribution in [0.5, 0.6) is 23.0 Å². The van der Waals surface area contributed by atoms with Gasteiger partial charge in [-0.05, 0) is 24.3 Å². The summed E-state index contributed by atoms with van der Waals surface area (Å²) < 4.78 is 20.8. The number of carbonyl (C=O) groups is 2. The highest BCUT2D eigenvalue weighted by molar-refractivity contribution is 5.91. The van der Waals surface area contributed by atoms with E-state index < -0.39 is 29.6 Å². The summed E-state index contributed by atoms with van der Waals surface area (Å²) in [4.78, 5) is 23.9. The molecule has 0 saturated heterocycles. The Morgan fingerprint density at radius 2 is 0.973 bits per heavy atom. The van der Waals surface area contributed by atoms with E-state index in [0.29, 0.717) is 0 Å². The SMILES string of the molecule is CC(C)(COCC(O)COC(=O)c1cc(O)cc(O)c1)COCC(O)COC(=O)c1cc(O)cc(O)c1. The van der Waals surface area contributed by atoms with Crippen LogP contribution in [0.2, 0.25) is 0 Å². The monoisotopic (exact) mass is 524 g/mol. The van der Waals surface area contributed by atoms with Gasteiger partial charge in [-0.2, -0.15) is 0 Å². The summed E-state index contributed by atoms with van der Waals surface area (Å²) >= 11 is 0. The summed E-state index contributed by atoms with van der Waals surface area (Å²) in [7, 11) is 0. The summed E-state index contributed by atoms with van der Waals surface area (Å²) in [5.41, 5.74) is -0.649. The number of carbonyl (C=O) groups excluding carboxylic acids is 2. The standard InChI is InChI=1S/C25H32O12/c1-25(2,13-34-9-21(30)11-36-23(32)15-3-17(26)7-18(27)4-15)14-35-10-22(31)12-37-24(33)16-5-19(28)8-20(29)6-16/h3-8,21-22,26-31H,9-14H2,1-2H3. The molecule has 0 aliphatic rings. The molecular formula is C25H32O12. The van der Waals surface area contributed by atoms with Crippen LogP contribution < -0.4 is 0 Å². The predicted molar refractivity (Wildman–Crippen MR) is 128 cm³/mol. The molecule has 0 bridgehead atoms. The second-order valence-electron chi connectivity index (χ2n) is 9.18. The first-order valence-corrected chi connectivity index (χ1v) is 11.3. The van der Waals surface area contributed by atoms with Gasteiger partial charge in [0.25, 0.3) is 0 Å². The molecule has 12 heteroatoms. The molecule has 0 aromatic heterocycles. The van der Waals surface area contributed by atoms with Crippen molar-refractivity contribution in [3.63, 3.8) is 0 Å². The Bertz CT molecular complexity index is 930. The molecule has 2 aromatic rings. The number of hydrogen-bond acceptors (Lipinski definition) is 12. The molecule has 0 heterocycles. The van der Waals surface area contributed by atoms with Gasteiger partial charge in [0.05, 0.1) is 37.6 Å². The van der Waals surface area contributed by atoms with Crippen molar-refractivity contribution in [3.8, 4) is 23.0 Å². The summed E-state index contributed by atoms with van der Waals surface area (Å²) in [6, 6.07) is 6.60. The summed E-state index contributed by atoms with van der Waals surface area (Å²) in [6.07, 6.45) is -2.23. The van der Waals surface area contributed by atoms with Gasteiger partial charge in [0.15, 0.2) is 0 Å². The van der Waals surface area contributed by atoms with E-state index in [0.717, 1.165) is 36.4 Å². The van der Waals surface area contributed by atoms with Gasteiger partial charge in [-0.1, -0.05) is 13.8 Å². The highest BCUT2D eigenvalue weighted by atomic mass is 16.6. The molecular weight excluding hydrogens is 492 g/mol. The predicted octanol–water partition coefficient (Wildman–Crippen LogP) is 1.30. The molecule has 0 fully saturated rings. The molecule has 0 radical (unpaired) electrons. The topological polar surface area (TPSA) is 192 Å². The third-order valence-electron chi connectivity index (χ3n) is 4.70. The lowest BCUT2D eigenvalue weighted by Gasteiger charge is -2.25. The van der Waals surface area contributed by atoms with Gasteiger partial charge >= 0.3 is 11.9 Å². The Morgan fingerprint density at radius 3 is 1.30 bits per heavy atom. The first-order chi connectivity index (χ1) is 17.3. The van der Waals surface area contributed by atoms with Crippen molar-refractivity contribution in [2.45, 2.75) is 26.1 Å². The van der Waals surface area contributed by atoms with E-state index in [-0.39, 0.29) is 73.8 Å². The molecule has 37 heavy (non-hydrogen) atoms. The van der Waals surface area contributed by atoms with Crippen LogP contribution in [0.3, 0.4) is 0 Å². The van der Waals surface area contributed by atoms with Gasteiger partial charge in [-0.25, -0.2) is 9.59 Å². The van der Waals surface area contributed by atoms with Crippen molar-refractivity contribution in [1.82, 2.24) is 0 Å². The molecule has 6 N–H and O–H groups in total. The number of ether oxygens (including phenoxy) is 4. The maximum absolute atomic E-state index is 12.0. The van der Waals surface area contributed by atoms with E-state index in [1.807, 2.05) is 13.8 Å². The van der Waals surface area contributed by atoms with E-state index in [1.165, 1.54) is 0 Å². The Labute approximate surface area is 213 Å². The maximum Gasteiger partial charge on any atom is 0.338 e. The number of aromatic hydroxyl groups is 4. The fourth-order valence-electron chi connectivity index (χ4n) is 3.02. The third kappa shape index (κ3) is 10.9. The average molecular weight is 525 g/mol. The molecule has 0 aliphatic heterocycles. The number of phenolic OH excluding ortho intramolecular Hbond substituents is 4. The van der Waals surface area contributed by atoms with E-state index in [4.69, 9.17) is 18.9 Å². The van der Waals surface area contributed by atoms with Crippen LogP contribution in [-0.4, -0.2) is 94.4 Å². The van der Waals surface area contributed by atoms with Crippen molar-refractivity contribution >= 4 is 11.9 Å². The fourth-order valence-corrected chi connectivity index (χ4v) is 3.02. The normalized spacial score (nSPS) is 13.1. The summed E-state index contributed by atoms with van der Waals surface area (Å²) in [5, 5.41) is 57.6. The largest absolute Gasteiger partial charge is 0.508 e. The molecule has 0 spiro atoms. The minimum Gasteiger partial charge on any atom is -0.508 e. The van der Waals surface area contributed by atoms with Crippen LogP contribution in [0.15, 0.2) is 36.4 Å². The Morgan fingerprint density at radius 1 is 0.649 bits per heavy atom. The lowest BCUT2D eigenvalue weighted by molar-refractivity contribution is -0.0615. The quantitative estimate of drug-likeness (QED) is 0.194. The number of benzene rings is 2. The van der Waals surface area contributed by atoms with E-state index in [9.17, 15) is 40.2 Å². The van der Waals surface area contributed by atoms with Gasteiger partial charge in [0, 0.05) is 17.5 Å². The third-order valence-corrected chi connectivity index (χ3v) is 4.70. The molecule has 12 nitrogen and oxygen atoms in total. The van der Waals surface area contributed by atoms with Gasteiger partial charge in [0.2, 0.25) is 0 Å². The van der Waals surface area contributed by atoms with E-state index in [2.05, 4.69) is 0 Å². The molecule has 204 valence electrons. The van der Waals surface area contributed by atoms with Crippen LogP contribution in [0.25, 0.3) is 0 Å². The van der Waals surface area contributed by atoms with Gasteiger partial charge in [0.1, 0.15) is 48.4 Å². The Kier molecular flexibility index (Phi) is 10.9. The van der Waals surface area contributed by atoms with Crippen LogP contribution in [0, 0.1) is 5.41 Å². The summed E-state index contributed by atoms with van der Waals surface area (Å²) in [5.74, 6) is -2.87. The minimum atomic E-state index is -1.11. The molecule has 0 saturated carbocycles. The molecule has 2 unspecified atom stereocenters. The number of aliphatic hydroxyl groups is 2. The molecule has 2 aromatic carbocycles. The smallest absolute Gasteiger partial charge is 0.338 e. The number of aliphatic hydroxyl groups excluding tert-OH is 2. The highest BCUT2D eigenvalue weighted by Crippen LogP contribution is 2.22. The van der Waals surface area contributed by atoms with Crippen LogP contribution in [0.4, 0.5) is 0 Å². The Hall–Kier alpha value is -3.58. The second kappa shape index (κ2) is 13.7. The summed E-state index contributed by atoms with van der Waals surface area (Å²) in [6.45, 7) is 3.01. The Balaban J connectivity index is 1.62. The number of rotatable bonds is 14. The molecule has 2 atom stereocenters. The zero-order valence-electron chi connectivity index (χ0n) is 20.5. The van der Waals surface area contributed by atoms with Crippen molar-refractivity contribution in [1.29, 1.82) is 0 Å². The van der Waals surface area contributed by atoms with Crippen molar-refractivity contribution in [2.75, 3.05) is 39.6 Å². The van der Waals surface area contributed by atoms with Crippen molar-refractivity contribution in [3.05, 3.63) is 47.5 Å². The number of esters is 2. The van der Waals surface area contributed by atoms with Crippen molar-refractivity contribution in [2.24, 2.45) is 5.41 Å². The lowest BCUT2D eigenvalue weighted by Crippen LogP contribution is -2.32. The maximum atomic E-state index is 12.0. The lowest BCUT2D eigenvalue weighted by atomic mass is 9.96. The van der Waals surface area contributed by atoms with Crippen LogP contribution >= 0.6 is 0 Å². The van der Waals surface area contributed by atoms with E-state index >= 15 is 0 Å². The fraction of sp³-hybridized carbons (Fsp3) is 0.440. The van der Waals surface area contributed by atoms with Crippen molar-refractivity contribution < 1.29 is 59.2 Å². The zero-order valence-corrected chi connectivity index (χ0v) is 20.5. The average Bonchev–Trinajstić information content (AvgIpc) is 2.79. The van der Waals surface area contributed by atoms with Gasteiger partial charge in [-0.3, -0.25) is 0 Å². The number of hydrogen-bond donors (Lipinski definition) is 6. The van der Waals surface area contributed by atoms with E-state index in [1.54, 1.807) is 0 Å². The van der Waals surface area contributed by atoms with Crippen LogP contribution in [0.1, 0.15) is 34.6 Å². The zero-order chi connectivity index (χ0) is 27.6.